The largest absolute Gasteiger partial charge is 0.449 e. The van der Waals surface area contributed by atoms with Crippen LogP contribution in [0.15, 0.2) is 54.6 Å². The summed E-state index contributed by atoms with van der Waals surface area (Å²) in [7, 11) is 0. The smallest absolute Gasteiger partial charge is 0.339 e. The minimum atomic E-state index is -0.669. The van der Waals surface area contributed by atoms with Gasteiger partial charge in [-0.25, -0.2) is 4.79 Å². The Bertz CT molecular complexity index is 756. The van der Waals surface area contributed by atoms with Crippen molar-refractivity contribution in [2.24, 2.45) is 0 Å². The Balaban J connectivity index is 1.64. The molecule has 0 aromatic heterocycles. The zero-order valence-electron chi connectivity index (χ0n) is 12.0. The number of likely N-dealkylation sites (tertiary alicyclic amines) is 1. The number of nitrogens with zero attached hydrogens (tertiary/aromatic N) is 1. The number of hydrogen-bond acceptors (Lipinski definition) is 3. The van der Waals surface area contributed by atoms with Gasteiger partial charge in [0, 0.05) is 24.1 Å². The van der Waals surface area contributed by atoms with Gasteiger partial charge < -0.3 is 9.64 Å². The Morgan fingerprint density at radius 2 is 1.77 bits per heavy atom. The molecule has 1 spiro atoms. The molecule has 0 bridgehead atoms. The number of amides is 1. The van der Waals surface area contributed by atoms with E-state index < -0.39 is 5.60 Å². The lowest BCUT2D eigenvalue weighted by atomic mass is 9.91. The number of ether oxygens (including phenoxy) is 1. The Morgan fingerprint density at radius 3 is 2.59 bits per heavy atom. The first-order valence-electron chi connectivity index (χ1n) is 7.37. The third-order valence-electron chi connectivity index (χ3n) is 4.47. The molecule has 110 valence electrons. The van der Waals surface area contributed by atoms with Crippen molar-refractivity contribution in [3.8, 4) is 0 Å². The number of fused-ring (bicyclic) bond motifs is 2. The minimum Gasteiger partial charge on any atom is -0.449 e. The van der Waals surface area contributed by atoms with Crippen molar-refractivity contribution in [1.82, 2.24) is 4.90 Å². The van der Waals surface area contributed by atoms with Gasteiger partial charge in [-0.1, -0.05) is 36.4 Å². The van der Waals surface area contributed by atoms with E-state index in [4.69, 9.17) is 4.74 Å². The van der Waals surface area contributed by atoms with Gasteiger partial charge in [-0.2, -0.15) is 0 Å². The molecule has 0 aliphatic carbocycles. The van der Waals surface area contributed by atoms with Crippen LogP contribution in [0.4, 0.5) is 0 Å². The van der Waals surface area contributed by atoms with Gasteiger partial charge in [0.1, 0.15) is 0 Å². The number of benzene rings is 2. The highest BCUT2D eigenvalue weighted by molar-refractivity contribution is 5.96. The average Bonchev–Trinajstić information content (AvgIpc) is 3.11. The van der Waals surface area contributed by atoms with Gasteiger partial charge >= 0.3 is 5.97 Å². The van der Waals surface area contributed by atoms with Crippen molar-refractivity contribution in [2.75, 3.05) is 13.1 Å². The maximum atomic E-state index is 12.6. The zero-order valence-corrected chi connectivity index (χ0v) is 12.0. The monoisotopic (exact) mass is 293 g/mol. The van der Waals surface area contributed by atoms with Crippen LogP contribution in [0, 0.1) is 0 Å². The lowest BCUT2D eigenvalue weighted by Gasteiger charge is -2.24. The standard InChI is InChI=1S/C18H15NO3/c20-16(13-6-2-1-3-7-13)19-11-10-18(12-19)15-9-5-4-8-14(15)17(21)22-18/h1-9H,10-12H2/t18-/m0/s1. The van der Waals surface area contributed by atoms with Crippen LogP contribution in [0.1, 0.15) is 32.7 Å². The summed E-state index contributed by atoms with van der Waals surface area (Å²) in [5, 5.41) is 0. The van der Waals surface area contributed by atoms with Crippen molar-refractivity contribution in [3.05, 3.63) is 71.3 Å². The van der Waals surface area contributed by atoms with Crippen molar-refractivity contribution in [1.29, 1.82) is 0 Å². The van der Waals surface area contributed by atoms with Crippen LogP contribution < -0.4 is 0 Å². The number of hydrogen-bond donors (Lipinski definition) is 0. The highest BCUT2D eigenvalue weighted by Crippen LogP contribution is 2.43. The van der Waals surface area contributed by atoms with Gasteiger partial charge in [-0.15, -0.1) is 0 Å². The van der Waals surface area contributed by atoms with Crippen LogP contribution in [0.3, 0.4) is 0 Å². The van der Waals surface area contributed by atoms with Gasteiger partial charge in [0.2, 0.25) is 0 Å². The first kappa shape index (κ1) is 13.1. The summed E-state index contributed by atoms with van der Waals surface area (Å²) in [6.45, 7) is 1.01. The van der Waals surface area contributed by atoms with Crippen molar-refractivity contribution >= 4 is 11.9 Å². The number of carbonyl (C=O) groups is 2. The van der Waals surface area contributed by atoms with E-state index in [1.807, 2.05) is 48.5 Å². The Labute approximate surface area is 128 Å². The molecule has 4 rings (SSSR count). The van der Waals surface area contributed by atoms with Gasteiger partial charge in [0.25, 0.3) is 5.91 Å². The number of carbonyl (C=O) groups excluding carboxylic acids is 2. The van der Waals surface area contributed by atoms with E-state index >= 15 is 0 Å². The lowest BCUT2D eigenvalue weighted by Crippen LogP contribution is -2.34. The molecule has 1 amide bonds. The van der Waals surface area contributed by atoms with E-state index in [1.54, 1.807) is 11.0 Å². The van der Waals surface area contributed by atoms with Crippen LogP contribution in [0.2, 0.25) is 0 Å². The molecule has 4 heteroatoms. The van der Waals surface area contributed by atoms with E-state index in [1.165, 1.54) is 0 Å². The molecule has 2 aromatic carbocycles. The van der Waals surface area contributed by atoms with E-state index in [9.17, 15) is 9.59 Å². The van der Waals surface area contributed by atoms with Crippen LogP contribution in [0.5, 0.6) is 0 Å². The molecule has 22 heavy (non-hydrogen) atoms. The molecule has 1 saturated heterocycles. The SMILES string of the molecule is O=C1O[C@]2(CCN(C(=O)c3ccccc3)C2)c2ccccc21. The Morgan fingerprint density at radius 1 is 1.05 bits per heavy atom. The topological polar surface area (TPSA) is 46.6 Å². The van der Waals surface area contributed by atoms with Gasteiger partial charge in [-0.05, 0) is 18.2 Å². The second-order valence-electron chi connectivity index (χ2n) is 5.77. The Hall–Kier alpha value is -2.62. The molecular weight excluding hydrogens is 278 g/mol. The third kappa shape index (κ3) is 1.84. The summed E-state index contributed by atoms with van der Waals surface area (Å²) in [6.07, 6.45) is 0.647. The van der Waals surface area contributed by atoms with E-state index in [0.717, 1.165) is 5.56 Å². The molecule has 2 aliphatic heterocycles. The molecule has 2 heterocycles. The van der Waals surface area contributed by atoms with Gasteiger partial charge in [0.15, 0.2) is 5.60 Å². The minimum absolute atomic E-state index is 0.0158. The summed E-state index contributed by atoms with van der Waals surface area (Å²) >= 11 is 0. The highest BCUT2D eigenvalue weighted by Gasteiger charge is 2.50. The highest BCUT2D eigenvalue weighted by atomic mass is 16.6. The first-order valence-corrected chi connectivity index (χ1v) is 7.37. The van der Waals surface area contributed by atoms with Crippen LogP contribution in [-0.2, 0) is 10.3 Å². The average molecular weight is 293 g/mol. The van der Waals surface area contributed by atoms with Crippen LogP contribution in [0.25, 0.3) is 0 Å². The number of esters is 1. The van der Waals surface area contributed by atoms with Crippen LogP contribution >= 0.6 is 0 Å². The summed E-state index contributed by atoms with van der Waals surface area (Å²) in [4.78, 5) is 26.4. The zero-order chi connectivity index (χ0) is 15.2. The van der Waals surface area contributed by atoms with Gasteiger partial charge in [0.05, 0.1) is 12.1 Å². The quantitative estimate of drug-likeness (QED) is 0.759. The van der Waals surface area contributed by atoms with E-state index in [2.05, 4.69) is 0 Å². The molecule has 4 nitrogen and oxygen atoms in total. The second kappa shape index (κ2) is 4.70. The fourth-order valence-electron chi connectivity index (χ4n) is 3.37. The molecule has 0 radical (unpaired) electrons. The molecule has 0 N–H and O–H groups in total. The summed E-state index contributed by atoms with van der Waals surface area (Å²) in [5.41, 5.74) is 1.52. The van der Waals surface area contributed by atoms with E-state index in [-0.39, 0.29) is 11.9 Å². The van der Waals surface area contributed by atoms with Crippen molar-refractivity contribution < 1.29 is 14.3 Å². The fraction of sp³-hybridized carbons (Fsp3) is 0.222. The number of rotatable bonds is 1. The maximum Gasteiger partial charge on any atom is 0.339 e. The maximum absolute atomic E-state index is 12.6. The summed E-state index contributed by atoms with van der Waals surface area (Å²) in [6, 6.07) is 16.7. The first-order chi connectivity index (χ1) is 10.7. The van der Waals surface area contributed by atoms with Crippen molar-refractivity contribution in [3.63, 3.8) is 0 Å². The molecule has 2 aromatic rings. The van der Waals surface area contributed by atoms with E-state index in [0.29, 0.717) is 30.6 Å². The molecule has 0 unspecified atom stereocenters. The van der Waals surface area contributed by atoms with Crippen LogP contribution in [-0.4, -0.2) is 29.9 Å². The molecule has 0 saturated carbocycles. The molecular formula is C18H15NO3. The van der Waals surface area contributed by atoms with Gasteiger partial charge in [-0.3, -0.25) is 4.79 Å². The predicted octanol–water partition coefficient (Wildman–Crippen LogP) is 2.60. The summed E-state index contributed by atoms with van der Waals surface area (Å²) in [5.74, 6) is -0.303. The molecule has 1 fully saturated rings. The lowest BCUT2D eigenvalue weighted by molar-refractivity contribution is -0.00306. The molecule has 2 aliphatic rings. The Kier molecular flexibility index (Phi) is 2.79. The third-order valence-corrected chi connectivity index (χ3v) is 4.47. The normalized spacial score (nSPS) is 22.7. The predicted molar refractivity (Wildman–Crippen MR) is 80.5 cm³/mol. The summed E-state index contributed by atoms with van der Waals surface area (Å²) < 4.78 is 5.66. The fourth-order valence-corrected chi connectivity index (χ4v) is 3.37. The molecule has 1 atom stereocenters. The van der Waals surface area contributed by atoms with Crippen molar-refractivity contribution in [2.45, 2.75) is 12.0 Å². The second-order valence-corrected chi connectivity index (χ2v) is 5.77.